The standard InChI is InChI=1S/C22H20F2N2O3S/c1-13(17-7-6-14(12-25)10-20(17)30(2,28)29)21-18(8-9-19(21)27)26-16-5-3-4-15(11-16)22(23)24/h3-7,10-11,13,22,26H,8-9H2,1-2H3. The van der Waals surface area contributed by atoms with Gasteiger partial charge < -0.3 is 5.32 Å². The minimum absolute atomic E-state index is 0.000276. The van der Waals surface area contributed by atoms with E-state index < -0.39 is 22.2 Å². The number of sulfone groups is 1. The van der Waals surface area contributed by atoms with Crippen molar-refractivity contribution in [2.24, 2.45) is 0 Å². The summed E-state index contributed by atoms with van der Waals surface area (Å²) in [6, 6.07) is 12.1. The highest BCUT2D eigenvalue weighted by Crippen LogP contribution is 2.38. The predicted octanol–water partition coefficient (Wildman–Crippen LogP) is 4.73. The molecule has 1 atom stereocenters. The number of Topliss-reactive ketones (excluding diaryl/α,β-unsaturated/α-hetero) is 1. The minimum Gasteiger partial charge on any atom is -0.359 e. The Hall–Kier alpha value is -3.05. The molecular formula is C22H20F2N2O3S. The van der Waals surface area contributed by atoms with Gasteiger partial charge in [-0.25, -0.2) is 17.2 Å². The zero-order valence-electron chi connectivity index (χ0n) is 16.4. The second kappa shape index (κ2) is 8.36. The average Bonchev–Trinajstić information content (AvgIpc) is 3.06. The molecule has 0 amide bonds. The Morgan fingerprint density at radius 1 is 1.13 bits per heavy atom. The molecule has 8 heteroatoms. The number of nitrogens with one attached hydrogen (secondary N) is 1. The Bertz CT molecular complexity index is 1180. The lowest BCUT2D eigenvalue weighted by atomic mass is 9.90. The molecule has 0 saturated heterocycles. The van der Waals surface area contributed by atoms with E-state index in [2.05, 4.69) is 5.32 Å². The summed E-state index contributed by atoms with van der Waals surface area (Å²) in [5, 5.41) is 12.2. The first-order valence-electron chi connectivity index (χ1n) is 9.27. The van der Waals surface area contributed by atoms with E-state index in [1.807, 2.05) is 6.07 Å². The lowest BCUT2D eigenvalue weighted by Gasteiger charge is -2.19. The third kappa shape index (κ3) is 4.41. The van der Waals surface area contributed by atoms with Crippen LogP contribution in [0.4, 0.5) is 14.5 Å². The minimum atomic E-state index is -3.64. The third-order valence-corrected chi connectivity index (χ3v) is 6.26. The molecule has 0 aromatic heterocycles. The summed E-state index contributed by atoms with van der Waals surface area (Å²) in [4.78, 5) is 12.6. The molecule has 0 radical (unpaired) electrons. The number of allylic oxidation sites excluding steroid dienone is 2. The van der Waals surface area contributed by atoms with Gasteiger partial charge >= 0.3 is 0 Å². The zero-order chi connectivity index (χ0) is 22.1. The Morgan fingerprint density at radius 3 is 2.50 bits per heavy atom. The number of rotatable bonds is 6. The second-order valence-corrected chi connectivity index (χ2v) is 9.21. The van der Waals surface area contributed by atoms with Crippen LogP contribution < -0.4 is 5.32 Å². The molecule has 0 heterocycles. The molecule has 1 N–H and O–H groups in total. The van der Waals surface area contributed by atoms with Crippen molar-refractivity contribution in [3.63, 3.8) is 0 Å². The molecule has 156 valence electrons. The van der Waals surface area contributed by atoms with E-state index >= 15 is 0 Å². The molecule has 0 saturated carbocycles. The number of anilines is 1. The number of carbonyl (C=O) groups excluding carboxylic acids is 1. The largest absolute Gasteiger partial charge is 0.359 e. The highest BCUT2D eigenvalue weighted by Gasteiger charge is 2.31. The van der Waals surface area contributed by atoms with Crippen molar-refractivity contribution in [3.8, 4) is 6.07 Å². The maximum Gasteiger partial charge on any atom is 0.263 e. The fraction of sp³-hybridized carbons (Fsp3) is 0.273. The van der Waals surface area contributed by atoms with Gasteiger partial charge in [0, 0.05) is 41.1 Å². The van der Waals surface area contributed by atoms with Crippen LogP contribution in [0.2, 0.25) is 0 Å². The molecule has 30 heavy (non-hydrogen) atoms. The van der Waals surface area contributed by atoms with E-state index in [4.69, 9.17) is 5.26 Å². The van der Waals surface area contributed by atoms with E-state index in [1.165, 1.54) is 30.3 Å². The normalized spacial score (nSPS) is 15.4. The van der Waals surface area contributed by atoms with Crippen LogP contribution in [-0.4, -0.2) is 20.5 Å². The van der Waals surface area contributed by atoms with Gasteiger partial charge in [0.25, 0.3) is 6.43 Å². The highest BCUT2D eigenvalue weighted by atomic mass is 32.2. The van der Waals surface area contributed by atoms with Crippen molar-refractivity contribution in [1.82, 2.24) is 0 Å². The van der Waals surface area contributed by atoms with Gasteiger partial charge in [0.15, 0.2) is 15.6 Å². The first kappa shape index (κ1) is 21.7. The van der Waals surface area contributed by atoms with Gasteiger partial charge in [0.2, 0.25) is 0 Å². The summed E-state index contributed by atoms with van der Waals surface area (Å²) in [6.45, 7) is 1.73. The highest BCUT2D eigenvalue weighted by molar-refractivity contribution is 7.90. The number of ketones is 1. The summed E-state index contributed by atoms with van der Waals surface area (Å²) in [5.74, 6) is -0.683. The molecule has 0 aliphatic heterocycles. The van der Waals surface area contributed by atoms with E-state index in [1.54, 1.807) is 19.1 Å². The second-order valence-electron chi connectivity index (χ2n) is 7.22. The smallest absolute Gasteiger partial charge is 0.263 e. The van der Waals surface area contributed by atoms with Crippen molar-refractivity contribution in [2.45, 2.75) is 37.0 Å². The molecule has 2 aromatic rings. The first-order chi connectivity index (χ1) is 14.1. The van der Waals surface area contributed by atoms with E-state index in [-0.39, 0.29) is 28.2 Å². The Labute approximate surface area is 174 Å². The monoisotopic (exact) mass is 430 g/mol. The van der Waals surface area contributed by atoms with Crippen LogP contribution >= 0.6 is 0 Å². The predicted molar refractivity (Wildman–Crippen MR) is 109 cm³/mol. The fourth-order valence-electron chi connectivity index (χ4n) is 3.67. The third-order valence-electron chi connectivity index (χ3n) is 5.10. The lowest BCUT2D eigenvalue weighted by molar-refractivity contribution is -0.115. The van der Waals surface area contributed by atoms with Crippen molar-refractivity contribution in [3.05, 3.63) is 70.4 Å². The number of carbonyl (C=O) groups is 1. The Kier molecular flexibility index (Phi) is 6.04. The van der Waals surface area contributed by atoms with Crippen molar-refractivity contribution in [1.29, 1.82) is 5.26 Å². The van der Waals surface area contributed by atoms with E-state index in [9.17, 15) is 22.0 Å². The average molecular weight is 430 g/mol. The quantitative estimate of drug-likeness (QED) is 0.716. The zero-order valence-corrected chi connectivity index (χ0v) is 17.3. The summed E-state index contributed by atoms with van der Waals surface area (Å²) >= 11 is 0. The summed E-state index contributed by atoms with van der Waals surface area (Å²) in [7, 11) is -3.64. The number of nitrogens with zero attached hydrogens (tertiary/aromatic N) is 1. The van der Waals surface area contributed by atoms with Crippen LogP contribution in [0.1, 0.15) is 48.8 Å². The Balaban J connectivity index is 2.05. The van der Waals surface area contributed by atoms with Gasteiger partial charge in [-0.05, 0) is 36.2 Å². The molecular weight excluding hydrogens is 410 g/mol. The lowest BCUT2D eigenvalue weighted by Crippen LogP contribution is -2.13. The molecule has 3 rings (SSSR count). The molecule has 0 fully saturated rings. The van der Waals surface area contributed by atoms with E-state index in [0.29, 0.717) is 28.9 Å². The summed E-state index contributed by atoms with van der Waals surface area (Å²) in [5.41, 5.74) is 1.94. The number of nitriles is 1. The maximum atomic E-state index is 13.0. The molecule has 5 nitrogen and oxygen atoms in total. The van der Waals surface area contributed by atoms with Gasteiger partial charge in [0.1, 0.15) is 0 Å². The van der Waals surface area contributed by atoms with Gasteiger partial charge in [-0.2, -0.15) is 5.26 Å². The molecule has 1 unspecified atom stereocenters. The molecule has 0 spiro atoms. The summed E-state index contributed by atoms with van der Waals surface area (Å²) < 4.78 is 50.6. The van der Waals surface area contributed by atoms with Crippen LogP contribution in [0.15, 0.2) is 58.6 Å². The van der Waals surface area contributed by atoms with E-state index in [0.717, 1.165) is 6.26 Å². The van der Waals surface area contributed by atoms with Crippen LogP contribution in [0.3, 0.4) is 0 Å². The Morgan fingerprint density at radius 2 is 1.87 bits per heavy atom. The van der Waals surface area contributed by atoms with Crippen LogP contribution in [-0.2, 0) is 14.6 Å². The number of benzene rings is 2. The van der Waals surface area contributed by atoms with Crippen LogP contribution in [0, 0.1) is 11.3 Å². The molecule has 1 aliphatic rings. The van der Waals surface area contributed by atoms with Crippen LogP contribution in [0.25, 0.3) is 0 Å². The maximum absolute atomic E-state index is 13.0. The number of hydrogen-bond acceptors (Lipinski definition) is 5. The number of halogens is 2. The fourth-order valence-corrected chi connectivity index (χ4v) is 4.69. The topological polar surface area (TPSA) is 87.0 Å². The number of hydrogen-bond donors (Lipinski definition) is 1. The van der Waals surface area contributed by atoms with Gasteiger partial charge in [-0.15, -0.1) is 0 Å². The van der Waals surface area contributed by atoms with Gasteiger partial charge in [-0.3, -0.25) is 4.79 Å². The number of alkyl halides is 2. The molecule has 0 bridgehead atoms. The van der Waals surface area contributed by atoms with Gasteiger partial charge in [-0.1, -0.05) is 25.1 Å². The van der Waals surface area contributed by atoms with Crippen molar-refractivity contribution < 1.29 is 22.0 Å². The first-order valence-corrected chi connectivity index (χ1v) is 11.2. The summed E-state index contributed by atoms with van der Waals surface area (Å²) in [6.07, 6.45) is -0.900. The SMILES string of the molecule is CC(C1=C(Nc2cccc(C(F)F)c2)CCC1=O)c1ccc(C#N)cc1S(C)(=O)=O. The molecule has 1 aliphatic carbocycles. The van der Waals surface area contributed by atoms with Crippen molar-refractivity contribution in [2.75, 3.05) is 11.6 Å². The molecule has 2 aromatic carbocycles. The van der Waals surface area contributed by atoms with Gasteiger partial charge in [0.05, 0.1) is 16.5 Å². The van der Waals surface area contributed by atoms with Crippen molar-refractivity contribution >= 4 is 21.3 Å². The van der Waals surface area contributed by atoms with Crippen LogP contribution in [0.5, 0.6) is 0 Å².